The summed E-state index contributed by atoms with van der Waals surface area (Å²) in [6.45, 7) is 8.03. The molecule has 7 heteroatoms. The van der Waals surface area contributed by atoms with Crippen LogP contribution in [-0.2, 0) is 4.79 Å². The number of hydrogen-bond acceptors (Lipinski definition) is 6. The van der Waals surface area contributed by atoms with Crippen LogP contribution in [0.1, 0.15) is 12.8 Å². The van der Waals surface area contributed by atoms with E-state index in [1.54, 1.807) is 47.0 Å². The maximum atomic E-state index is 11.8. The summed E-state index contributed by atoms with van der Waals surface area (Å²) in [4.78, 5) is 11.8. The third kappa shape index (κ3) is 6.27. The predicted octanol–water partition coefficient (Wildman–Crippen LogP) is 3.39. The summed E-state index contributed by atoms with van der Waals surface area (Å²) >= 11 is 7.04. The summed E-state index contributed by atoms with van der Waals surface area (Å²) in [6, 6.07) is 0. The summed E-state index contributed by atoms with van der Waals surface area (Å²) in [5.41, 5.74) is 0.750. The van der Waals surface area contributed by atoms with Crippen LogP contribution in [-0.4, -0.2) is 66.8 Å². The molecule has 2 heterocycles. The van der Waals surface area contributed by atoms with E-state index in [-0.39, 0.29) is 10.5 Å². The van der Waals surface area contributed by atoms with Crippen LogP contribution >= 0.6 is 47.0 Å². The van der Waals surface area contributed by atoms with Crippen LogP contribution in [0.15, 0.2) is 24.3 Å². The highest BCUT2D eigenvalue weighted by Crippen LogP contribution is 2.36. The molecule has 0 bridgehead atoms. The minimum Gasteiger partial charge on any atom is -0.479 e. The molecular formula is C16H24O3S4. The first-order valence-corrected chi connectivity index (χ1v) is 12.0. The van der Waals surface area contributed by atoms with E-state index in [1.807, 2.05) is 0 Å². The van der Waals surface area contributed by atoms with E-state index < -0.39 is 11.6 Å². The van der Waals surface area contributed by atoms with Crippen molar-refractivity contribution in [1.29, 1.82) is 0 Å². The Bertz CT molecular complexity index is 434. The van der Waals surface area contributed by atoms with E-state index in [1.165, 1.54) is 11.1 Å². The SMILES string of the molecule is C=C1CSCC(CC(O)(CC2CSCC(=C)CS2)C(=O)O)SC1. The third-order valence-corrected chi connectivity index (χ3v) is 9.48. The molecule has 2 saturated heterocycles. The van der Waals surface area contributed by atoms with Crippen molar-refractivity contribution in [2.24, 2.45) is 0 Å². The fourth-order valence-electron chi connectivity index (χ4n) is 2.57. The average Bonchev–Trinajstić information content (AvgIpc) is 2.80. The molecule has 23 heavy (non-hydrogen) atoms. The van der Waals surface area contributed by atoms with Crippen LogP contribution in [0.3, 0.4) is 0 Å². The quantitative estimate of drug-likeness (QED) is 0.696. The van der Waals surface area contributed by atoms with Gasteiger partial charge in [-0.2, -0.15) is 47.0 Å². The number of aliphatic hydroxyl groups is 1. The first kappa shape index (κ1) is 19.6. The number of carboxylic acid groups (broad SMARTS) is 1. The van der Waals surface area contributed by atoms with Crippen LogP contribution in [0.2, 0.25) is 0 Å². The monoisotopic (exact) mass is 392 g/mol. The molecule has 0 aliphatic carbocycles. The normalized spacial score (nSPS) is 29.4. The van der Waals surface area contributed by atoms with Crippen molar-refractivity contribution in [3.05, 3.63) is 24.3 Å². The van der Waals surface area contributed by atoms with Crippen molar-refractivity contribution in [3.8, 4) is 0 Å². The number of hydrogen-bond donors (Lipinski definition) is 2. The largest absolute Gasteiger partial charge is 0.479 e. The Morgan fingerprint density at radius 1 is 1.00 bits per heavy atom. The van der Waals surface area contributed by atoms with Gasteiger partial charge in [0.2, 0.25) is 0 Å². The molecule has 2 aliphatic heterocycles. The van der Waals surface area contributed by atoms with Gasteiger partial charge in [0.05, 0.1) is 0 Å². The first-order valence-electron chi connectivity index (χ1n) is 7.57. The molecule has 0 saturated carbocycles. The Morgan fingerprint density at radius 2 is 1.43 bits per heavy atom. The van der Waals surface area contributed by atoms with Gasteiger partial charge < -0.3 is 10.2 Å². The molecule has 0 aromatic carbocycles. The van der Waals surface area contributed by atoms with Crippen molar-refractivity contribution >= 4 is 53.0 Å². The predicted molar refractivity (Wildman–Crippen MR) is 107 cm³/mol. The van der Waals surface area contributed by atoms with Crippen LogP contribution in [0.5, 0.6) is 0 Å². The maximum Gasteiger partial charge on any atom is 0.335 e. The Morgan fingerprint density at radius 3 is 1.83 bits per heavy atom. The van der Waals surface area contributed by atoms with Gasteiger partial charge in [0, 0.05) is 45.0 Å². The van der Waals surface area contributed by atoms with Crippen molar-refractivity contribution in [2.45, 2.75) is 28.9 Å². The van der Waals surface area contributed by atoms with Gasteiger partial charge >= 0.3 is 5.97 Å². The number of aliphatic carboxylic acids is 1. The van der Waals surface area contributed by atoms with Crippen molar-refractivity contribution in [1.82, 2.24) is 0 Å². The van der Waals surface area contributed by atoms with Gasteiger partial charge in [-0.25, -0.2) is 4.79 Å². The van der Waals surface area contributed by atoms with Crippen molar-refractivity contribution in [3.63, 3.8) is 0 Å². The van der Waals surface area contributed by atoms with Gasteiger partial charge in [-0.15, -0.1) is 0 Å². The topological polar surface area (TPSA) is 57.5 Å². The average molecular weight is 393 g/mol. The molecule has 0 amide bonds. The molecule has 0 aromatic rings. The lowest BCUT2D eigenvalue weighted by molar-refractivity contribution is -0.159. The van der Waals surface area contributed by atoms with Crippen LogP contribution < -0.4 is 0 Å². The molecule has 2 fully saturated rings. The van der Waals surface area contributed by atoms with E-state index in [4.69, 9.17) is 0 Å². The summed E-state index contributed by atoms with van der Waals surface area (Å²) < 4.78 is 0. The lowest BCUT2D eigenvalue weighted by Crippen LogP contribution is -2.44. The van der Waals surface area contributed by atoms with Gasteiger partial charge in [-0.05, 0) is 12.8 Å². The molecular weight excluding hydrogens is 368 g/mol. The minimum absolute atomic E-state index is 0.166. The standard InChI is InChI=1S/C16H24O3S4/c1-11-5-20-9-13(22-7-11)3-16(19,15(17)18)4-14-10-21-6-12(2)8-23-14/h13-14,19H,1-10H2,(H,17,18). The molecule has 2 N–H and O–H groups in total. The second-order valence-electron chi connectivity index (χ2n) is 6.14. The molecule has 130 valence electrons. The smallest absolute Gasteiger partial charge is 0.335 e. The fraction of sp³-hybridized carbons (Fsp3) is 0.688. The minimum atomic E-state index is -1.63. The zero-order valence-corrected chi connectivity index (χ0v) is 16.4. The fourth-order valence-corrected chi connectivity index (χ4v) is 7.89. The van der Waals surface area contributed by atoms with Gasteiger partial charge in [-0.3, -0.25) is 0 Å². The van der Waals surface area contributed by atoms with E-state index in [9.17, 15) is 15.0 Å². The zero-order chi connectivity index (χ0) is 16.9. The highest BCUT2D eigenvalue weighted by molar-refractivity contribution is 8.04. The lowest BCUT2D eigenvalue weighted by atomic mass is 9.92. The molecule has 2 unspecified atom stereocenters. The van der Waals surface area contributed by atoms with Crippen molar-refractivity contribution < 1.29 is 15.0 Å². The Kier molecular flexibility index (Phi) is 7.79. The summed E-state index contributed by atoms with van der Waals surface area (Å²) in [7, 11) is 0. The molecule has 2 aliphatic rings. The van der Waals surface area contributed by atoms with Gasteiger partial charge in [-0.1, -0.05) is 24.3 Å². The van der Waals surface area contributed by atoms with Crippen LogP contribution in [0, 0.1) is 0 Å². The molecule has 3 nitrogen and oxygen atoms in total. The number of rotatable bonds is 5. The maximum absolute atomic E-state index is 11.8. The Balaban J connectivity index is 1.98. The second kappa shape index (κ2) is 9.13. The number of carboxylic acids is 1. The van der Waals surface area contributed by atoms with Gasteiger partial charge in [0.15, 0.2) is 5.60 Å². The summed E-state index contributed by atoms with van der Waals surface area (Å²) in [6.07, 6.45) is 0.631. The highest BCUT2D eigenvalue weighted by atomic mass is 32.2. The van der Waals surface area contributed by atoms with Crippen LogP contribution in [0.4, 0.5) is 0 Å². The first-order chi connectivity index (χ1) is 10.9. The van der Waals surface area contributed by atoms with Crippen LogP contribution in [0.25, 0.3) is 0 Å². The Labute approximate surface area is 155 Å². The molecule has 2 rings (SSSR count). The summed E-state index contributed by atoms with van der Waals surface area (Å²) in [5.74, 6) is 4.27. The Hall–Kier alpha value is 0.310. The lowest BCUT2D eigenvalue weighted by Gasteiger charge is -2.30. The summed E-state index contributed by atoms with van der Waals surface area (Å²) in [5, 5.41) is 20.8. The van der Waals surface area contributed by atoms with Gasteiger partial charge in [0.25, 0.3) is 0 Å². The third-order valence-electron chi connectivity index (χ3n) is 3.79. The van der Waals surface area contributed by atoms with E-state index in [0.717, 1.165) is 34.5 Å². The molecule has 2 atom stereocenters. The number of carbonyl (C=O) groups is 1. The van der Waals surface area contributed by atoms with E-state index in [0.29, 0.717) is 12.8 Å². The molecule has 0 aromatic heterocycles. The van der Waals surface area contributed by atoms with E-state index >= 15 is 0 Å². The van der Waals surface area contributed by atoms with Crippen molar-refractivity contribution in [2.75, 3.05) is 34.5 Å². The second-order valence-corrected chi connectivity index (χ2v) is 10.8. The zero-order valence-electron chi connectivity index (χ0n) is 13.2. The molecule has 0 spiro atoms. The van der Waals surface area contributed by atoms with Gasteiger partial charge in [0.1, 0.15) is 0 Å². The number of thioether (sulfide) groups is 4. The molecule has 0 radical (unpaired) electrons. The van der Waals surface area contributed by atoms with E-state index in [2.05, 4.69) is 13.2 Å². The highest BCUT2D eigenvalue weighted by Gasteiger charge is 2.41.